The standard InChI is InChI=1S/C8H14FNO5S/c9-16(14,15)5-6-1-8(13)10(2-6)3-7(12)4-11/h6-7,11-12H,1-5H2. The zero-order valence-corrected chi connectivity index (χ0v) is 9.36. The van der Waals surface area contributed by atoms with Crippen LogP contribution in [0.2, 0.25) is 0 Å². The van der Waals surface area contributed by atoms with Crippen LogP contribution >= 0.6 is 0 Å². The number of amides is 1. The molecule has 1 amide bonds. The van der Waals surface area contributed by atoms with Crippen molar-refractivity contribution in [1.29, 1.82) is 0 Å². The molecule has 2 atom stereocenters. The first kappa shape index (κ1) is 13.3. The quantitative estimate of drug-likeness (QED) is 0.582. The molecule has 0 radical (unpaired) electrons. The Hall–Kier alpha value is -0.730. The molecule has 1 rings (SSSR count). The number of β-amino-alcohol motifs (C(OH)–C–C–N with tert-alkyl or cyclic N) is 1. The molecule has 8 heteroatoms. The molecule has 0 aromatic rings. The van der Waals surface area contributed by atoms with Gasteiger partial charge in [0, 0.05) is 25.4 Å². The van der Waals surface area contributed by atoms with Gasteiger partial charge in [-0.3, -0.25) is 4.79 Å². The molecule has 0 spiro atoms. The minimum Gasteiger partial charge on any atom is -0.394 e. The highest BCUT2D eigenvalue weighted by Crippen LogP contribution is 2.20. The van der Waals surface area contributed by atoms with Crippen molar-refractivity contribution in [2.45, 2.75) is 12.5 Å². The van der Waals surface area contributed by atoms with Gasteiger partial charge < -0.3 is 15.1 Å². The lowest BCUT2D eigenvalue weighted by molar-refractivity contribution is -0.129. The summed E-state index contributed by atoms with van der Waals surface area (Å²) in [5.74, 6) is -1.58. The van der Waals surface area contributed by atoms with Crippen LogP contribution in [0.1, 0.15) is 6.42 Å². The lowest BCUT2D eigenvalue weighted by Gasteiger charge is -2.18. The molecule has 2 N–H and O–H groups in total. The highest BCUT2D eigenvalue weighted by atomic mass is 32.3. The van der Waals surface area contributed by atoms with Crippen LogP contribution in [0.4, 0.5) is 3.89 Å². The third kappa shape index (κ3) is 4.03. The molecule has 16 heavy (non-hydrogen) atoms. The Morgan fingerprint density at radius 2 is 2.19 bits per heavy atom. The molecule has 1 heterocycles. The number of aliphatic hydroxyl groups excluding tert-OH is 2. The van der Waals surface area contributed by atoms with Crippen molar-refractivity contribution in [3.05, 3.63) is 0 Å². The maximum Gasteiger partial charge on any atom is 0.302 e. The van der Waals surface area contributed by atoms with Crippen LogP contribution in [0.15, 0.2) is 0 Å². The summed E-state index contributed by atoms with van der Waals surface area (Å²) in [6.45, 7) is -0.437. The van der Waals surface area contributed by atoms with E-state index in [0.29, 0.717) is 0 Å². The van der Waals surface area contributed by atoms with E-state index in [9.17, 15) is 17.1 Å². The van der Waals surface area contributed by atoms with E-state index in [1.807, 2.05) is 0 Å². The summed E-state index contributed by atoms with van der Waals surface area (Å²) in [5, 5.41) is 17.7. The second-order valence-corrected chi connectivity index (χ2v) is 5.32. The van der Waals surface area contributed by atoms with Crippen molar-refractivity contribution in [2.24, 2.45) is 5.92 Å². The van der Waals surface area contributed by atoms with Crippen LogP contribution in [0.5, 0.6) is 0 Å². The van der Waals surface area contributed by atoms with Crippen molar-refractivity contribution in [3.63, 3.8) is 0 Å². The molecule has 94 valence electrons. The largest absolute Gasteiger partial charge is 0.394 e. The van der Waals surface area contributed by atoms with Crippen molar-refractivity contribution in [3.8, 4) is 0 Å². The number of aliphatic hydroxyl groups is 2. The Balaban J connectivity index is 2.51. The predicted octanol–water partition coefficient (Wildman–Crippen LogP) is -1.51. The van der Waals surface area contributed by atoms with Gasteiger partial charge in [0.1, 0.15) is 0 Å². The van der Waals surface area contributed by atoms with Gasteiger partial charge >= 0.3 is 10.2 Å². The topological polar surface area (TPSA) is 94.9 Å². The maximum atomic E-state index is 12.4. The summed E-state index contributed by atoms with van der Waals surface area (Å²) in [7, 11) is -4.58. The van der Waals surface area contributed by atoms with Gasteiger partial charge in [-0.05, 0) is 0 Å². The SMILES string of the molecule is O=C1CC(CS(=O)(=O)F)CN1CC(O)CO. The third-order valence-corrected chi connectivity index (χ3v) is 3.24. The van der Waals surface area contributed by atoms with Crippen LogP contribution < -0.4 is 0 Å². The van der Waals surface area contributed by atoms with Gasteiger partial charge in [-0.25, -0.2) is 0 Å². The minimum absolute atomic E-state index is 0.0404. The summed E-state index contributed by atoms with van der Waals surface area (Å²) in [5.41, 5.74) is 0. The van der Waals surface area contributed by atoms with E-state index in [1.165, 1.54) is 4.90 Å². The fourth-order valence-electron chi connectivity index (χ4n) is 1.74. The molecule has 1 aliphatic rings. The van der Waals surface area contributed by atoms with E-state index in [4.69, 9.17) is 10.2 Å². The second kappa shape index (κ2) is 5.07. The van der Waals surface area contributed by atoms with E-state index < -0.39 is 34.6 Å². The number of carbonyl (C=O) groups excluding carboxylic acids is 1. The number of carbonyl (C=O) groups is 1. The number of likely N-dealkylation sites (tertiary alicyclic amines) is 1. The molecule has 0 aliphatic carbocycles. The van der Waals surface area contributed by atoms with Crippen molar-refractivity contribution in [1.82, 2.24) is 4.90 Å². The first-order valence-corrected chi connectivity index (χ1v) is 6.36. The van der Waals surface area contributed by atoms with Crippen molar-refractivity contribution in [2.75, 3.05) is 25.4 Å². The van der Waals surface area contributed by atoms with E-state index in [1.54, 1.807) is 0 Å². The van der Waals surface area contributed by atoms with Gasteiger partial charge in [0.15, 0.2) is 0 Å². The van der Waals surface area contributed by atoms with Gasteiger partial charge in [0.25, 0.3) is 0 Å². The van der Waals surface area contributed by atoms with Crippen LogP contribution in [0.3, 0.4) is 0 Å². The summed E-state index contributed by atoms with van der Waals surface area (Å²) in [4.78, 5) is 12.6. The lowest BCUT2D eigenvalue weighted by Crippen LogP contribution is -2.35. The van der Waals surface area contributed by atoms with Gasteiger partial charge in [0.05, 0.1) is 18.5 Å². The Morgan fingerprint density at radius 1 is 1.56 bits per heavy atom. The Kier molecular flexibility index (Phi) is 4.22. The fourth-order valence-corrected chi connectivity index (χ4v) is 2.52. The summed E-state index contributed by atoms with van der Waals surface area (Å²) in [6.07, 6.45) is -1.09. The molecule has 0 aromatic carbocycles. The smallest absolute Gasteiger partial charge is 0.302 e. The first-order valence-electron chi connectivity index (χ1n) is 4.81. The molecule has 6 nitrogen and oxygen atoms in total. The van der Waals surface area contributed by atoms with Crippen molar-refractivity contribution >= 4 is 16.1 Å². The molecule has 2 unspecified atom stereocenters. The molecule has 1 aliphatic heterocycles. The number of nitrogens with zero attached hydrogens (tertiary/aromatic N) is 1. The van der Waals surface area contributed by atoms with E-state index in [0.717, 1.165) is 0 Å². The third-order valence-electron chi connectivity index (χ3n) is 2.37. The monoisotopic (exact) mass is 255 g/mol. The molecular formula is C8H14FNO5S. The highest BCUT2D eigenvalue weighted by Gasteiger charge is 2.33. The van der Waals surface area contributed by atoms with Gasteiger partial charge in [0.2, 0.25) is 5.91 Å². The maximum absolute atomic E-state index is 12.4. The van der Waals surface area contributed by atoms with E-state index >= 15 is 0 Å². The molecule has 0 saturated carbocycles. The normalized spacial score (nSPS) is 23.8. The number of hydrogen-bond donors (Lipinski definition) is 2. The Bertz CT molecular complexity index is 357. The van der Waals surface area contributed by atoms with Crippen LogP contribution in [-0.4, -0.2) is 61.0 Å². The van der Waals surface area contributed by atoms with E-state index in [2.05, 4.69) is 0 Å². The number of rotatable bonds is 5. The molecule has 0 aromatic heterocycles. The molecule has 0 bridgehead atoms. The van der Waals surface area contributed by atoms with Crippen LogP contribution in [0.25, 0.3) is 0 Å². The molecule has 1 saturated heterocycles. The van der Waals surface area contributed by atoms with Gasteiger partial charge in [-0.1, -0.05) is 0 Å². The highest BCUT2D eigenvalue weighted by molar-refractivity contribution is 7.86. The zero-order valence-electron chi connectivity index (χ0n) is 8.54. The molecular weight excluding hydrogens is 241 g/mol. The Morgan fingerprint density at radius 3 is 2.69 bits per heavy atom. The van der Waals surface area contributed by atoms with Crippen LogP contribution in [-0.2, 0) is 15.0 Å². The van der Waals surface area contributed by atoms with E-state index in [-0.39, 0.29) is 25.4 Å². The number of hydrogen-bond acceptors (Lipinski definition) is 5. The summed E-state index contributed by atoms with van der Waals surface area (Å²) in [6, 6.07) is 0. The molecule has 1 fully saturated rings. The van der Waals surface area contributed by atoms with Gasteiger partial charge in [-0.15, -0.1) is 3.89 Å². The first-order chi connectivity index (χ1) is 7.31. The second-order valence-electron chi connectivity index (χ2n) is 3.91. The fraction of sp³-hybridized carbons (Fsp3) is 0.875. The average molecular weight is 255 g/mol. The summed E-state index contributed by atoms with van der Waals surface area (Å²) < 4.78 is 33.2. The Labute approximate surface area is 92.9 Å². The number of halogens is 1. The summed E-state index contributed by atoms with van der Waals surface area (Å²) >= 11 is 0. The average Bonchev–Trinajstić information content (AvgIpc) is 2.43. The lowest BCUT2D eigenvalue weighted by atomic mass is 10.1. The minimum atomic E-state index is -4.58. The van der Waals surface area contributed by atoms with Crippen molar-refractivity contribution < 1.29 is 27.3 Å². The van der Waals surface area contributed by atoms with Crippen LogP contribution in [0, 0.1) is 5.92 Å². The van der Waals surface area contributed by atoms with Gasteiger partial charge in [-0.2, -0.15) is 8.42 Å². The zero-order chi connectivity index (χ0) is 12.3. The predicted molar refractivity (Wildman–Crippen MR) is 52.7 cm³/mol.